The van der Waals surface area contributed by atoms with Gasteiger partial charge in [-0.1, -0.05) is 283 Å². The molecular formula is C71H116O6. The van der Waals surface area contributed by atoms with Gasteiger partial charge in [-0.05, 0) is 109 Å². The molecule has 0 aromatic carbocycles. The molecular weight excluding hydrogens is 949 g/mol. The Kier molecular flexibility index (Phi) is 60.4. The first-order chi connectivity index (χ1) is 38.0. The molecule has 0 aliphatic rings. The van der Waals surface area contributed by atoms with Gasteiger partial charge in [-0.3, -0.25) is 14.4 Å². The minimum atomic E-state index is -0.817. The van der Waals surface area contributed by atoms with Gasteiger partial charge in [0.25, 0.3) is 0 Å². The van der Waals surface area contributed by atoms with Gasteiger partial charge < -0.3 is 14.2 Å². The minimum absolute atomic E-state index is 0.111. The monoisotopic (exact) mass is 1060 g/mol. The van der Waals surface area contributed by atoms with Crippen LogP contribution in [0, 0.1) is 0 Å². The molecule has 6 heteroatoms. The Morgan fingerprint density at radius 3 is 0.844 bits per heavy atom. The number of unbranched alkanes of at least 4 members (excludes halogenated alkanes) is 23. The van der Waals surface area contributed by atoms with Gasteiger partial charge in [0.05, 0.1) is 0 Å². The summed E-state index contributed by atoms with van der Waals surface area (Å²) in [5.41, 5.74) is 0. The van der Waals surface area contributed by atoms with Gasteiger partial charge in [0.1, 0.15) is 13.2 Å². The van der Waals surface area contributed by atoms with Crippen molar-refractivity contribution in [3.8, 4) is 0 Å². The van der Waals surface area contributed by atoms with E-state index in [0.29, 0.717) is 19.3 Å². The molecule has 0 spiro atoms. The summed E-state index contributed by atoms with van der Waals surface area (Å²) in [7, 11) is 0. The molecule has 0 aliphatic carbocycles. The van der Waals surface area contributed by atoms with E-state index in [1.165, 1.54) is 103 Å². The van der Waals surface area contributed by atoms with E-state index < -0.39 is 6.10 Å². The molecule has 77 heavy (non-hydrogen) atoms. The molecule has 0 N–H and O–H groups in total. The van der Waals surface area contributed by atoms with E-state index in [4.69, 9.17) is 14.2 Å². The van der Waals surface area contributed by atoms with Crippen LogP contribution in [-0.4, -0.2) is 37.2 Å². The number of hydrogen-bond donors (Lipinski definition) is 0. The van der Waals surface area contributed by atoms with Crippen LogP contribution in [0.4, 0.5) is 0 Å². The smallest absolute Gasteiger partial charge is 0.306 e. The molecule has 0 fully saturated rings. The molecule has 0 saturated carbocycles. The highest BCUT2D eigenvalue weighted by Crippen LogP contribution is 2.16. The molecule has 1 unspecified atom stereocenters. The summed E-state index contributed by atoms with van der Waals surface area (Å²) < 4.78 is 16.9. The fourth-order valence-electron chi connectivity index (χ4n) is 8.48. The van der Waals surface area contributed by atoms with Gasteiger partial charge in [-0.2, -0.15) is 0 Å². The number of ether oxygens (including phenoxy) is 3. The number of esters is 3. The third kappa shape index (κ3) is 62.3. The van der Waals surface area contributed by atoms with Crippen LogP contribution in [0.5, 0.6) is 0 Å². The van der Waals surface area contributed by atoms with Crippen molar-refractivity contribution in [2.45, 2.75) is 284 Å². The Morgan fingerprint density at radius 2 is 0.519 bits per heavy atom. The fraction of sp³-hybridized carbons (Fsp3) is 0.648. The van der Waals surface area contributed by atoms with Crippen molar-refractivity contribution in [1.29, 1.82) is 0 Å². The van der Waals surface area contributed by atoms with Gasteiger partial charge in [0.15, 0.2) is 6.10 Å². The second-order valence-electron chi connectivity index (χ2n) is 20.6. The summed E-state index contributed by atoms with van der Waals surface area (Å²) in [4.78, 5) is 38.3. The third-order valence-corrected chi connectivity index (χ3v) is 13.2. The predicted octanol–water partition coefficient (Wildman–Crippen LogP) is 21.8. The van der Waals surface area contributed by atoms with Crippen LogP contribution in [0.2, 0.25) is 0 Å². The third-order valence-electron chi connectivity index (χ3n) is 13.2. The Morgan fingerprint density at radius 1 is 0.273 bits per heavy atom. The lowest BCUT2D eigenvalue weighted by Gasteiger charge is -2.18. The van der Waals surface area contributed by atoms with Gasteiger partial charge in [0, 0.05) is 19.3 Å². The zero-order valence-electron chi connectivity index (χ0n) is 49.9. The molecule has 0 aromatic heterocycles. The summed E-state index contributed by atoms with van der Waals surface area (Å²) in [5.74, 6) is -0.989. The van der Waals surface area contributed by atoms with E-state index in [9.17, 15) is 14.4 Å². The second kappa shape index (κ2) is 64.1. The normalized spacial score (nSPS) is 13.0. The fourth-order valence-corrected chi connectivity index (χ4v) is 8.48. The largest absolute Gasteiger partial charge is 0.462 e. The lowest BCUT2D eigenvalue weighted by atomic mass is 10.0. The molecule has 0 heterocycles. The van der Waals surface area contributed by atoms with Crippen molar-refractivity contribution in [3.05, 3.63) is 134 Å². The van der Waals surface area contributed by atoms with Gasteiger partial charge in [-0.25, -0.2) is 0 Å². The number of allylic oxidation sites excluding steroid dienone is 22. The lowest BCUT2D eigenvalue weighted by molar-refractivity contribution is -0.167. The zero-order chi connectivity index (χ0) is 55.7. The molecule has 0 rings (SSSR count). The van der Waals surface area contributed by atoms with E-state index in [2.05, 4.69) is 154 Å². The zero-order valence-corrected chi connectivity index (χ0v) is 49.9. The molecule has 0 bridgehead atoms. The topological polar surface area (TPSA) is 78.9 Å². The Balaban J connectivity index is 4.51. The van der Waals surface area contributed by atoms with E-state index in [1.54, 1.807) is 0 Å². The molecule has 0 radical (unpaired) electrons. The Bertz CT molecular complexity index is 1650. The average Bonchev–Trinajstić information content (AvgIpc) is 3.43. The van der Waals surface area contributed by atoms with Crippen LogP contribution in [0.3, 0.4) is 0 Å². The highest BCUT2D eigenvalue weighted by atomic mass is 16.6. The lowest BCUT2D eigenvalue weighted by Crippen LogP contribution is -2.30. The summed E-state index contributed by atoms with van der Waals surface area (Å²) >= 11 is 0. The SMILES string of the molecule is CC/C=C\C/C=C\C/C=C\C/C=C\C/C=C\C/C=C\CCCCCCC(=O)OCC(COC(=O)CCC/C=C\C/C=C\C/C=C\C/C=C\C/C=C\CC)OC(=O)CCCCCCCCCCCCCCCCCCCCC. The van der Waals surface area contributed by atoms with Crippen molar-refractivity contribution in [2.24, 2.45) is 0 Å². The molecule has 6 nitrogen and oxygen atoms in total. The van der Waals surface area contributed by atoms with Gasteiger partial charge >= 0.3 is 17.9 Å². The summed E-state index contributed by atoms with van der Waals surface area (Å²) in [6.45, 7) is 6.36. The number of rotatable bonds is 56. The van der Waals surface area contributed by atoms with E-state index in [-0.39, 0.29) is 37.5 Å². The predicted molar refractivity (Wildman–Crippen MR) is 334 cm³/mol. The van der Waals surface area contributed by atoms with Gasteiger partial charge in [0.2, 0.25) is 0 Å². The van der Waals surface area contributed by atoms with Crippen LogP contribution < -0.4 is 0 Å². The molecule has 1 atom stereocenters. The quantitative estimate of drug-likeness (QED) is 0.0261. The van der Waals surface area contributed by atoms with E-state index >= 15 is 0 Å². The molecule has 0 aromatic rings. The first-order valence-electron chi connectivity index (χ1n) is 31.7. The maximum Gasteiger partial charge on any atom is 0.306 e. The van der Waals surface area contributed by atoms with Gasteiger partial charge in [-0.15, -0.1) is 0 Å². The summed E-state index contributed by atoms with van der Waals surface area (Å²) in [6, 6.07) is 0. The number of hydrogen-bond acceptors (Lipinski definition) is 6. The van der Waals surface area contributed by atoms with E-state index in [1.807, 2.05) is 0 Å². The number of carbonyl (C=O) groups excluding carboxylic acids is 3. The summed E-state index contributed by atoms with van der Waals surface area (Å²) in [5, 5.41) is 0. The summed E-state index contributed by atoms with van der Waals surface area (Å²) in [6.07, 6.45) is 90.3. The second-order valence-corrected chi connectivity index (χ2v) is 20.6. The highest BCUT2D eigenvalue weighted by Gasteiger charge is 2.19. The maximum absolute atomic E-state index is 12.9. The van der Waals surface area contributed by atoms with Crippen LogP contribution in [0.25, 0.3) is 0 Å². The maximum atomic E-state index is 12.9. The minimum Gasteiger partial charge on any atom is -0.462 e. The first kappa shape index (κ1) is 72.5. The Labute approximate surface area is 475 Å². The number of carbonyl (C=O) groups is 3. The van der Waals surface area contributed by atoms with Crippen molar-refractivity contribution in [3.63, 3.8) is 0 Å². The molecule has 436 valence electrons. The standard InChI is InChI=1S/C71H116O6/c1-4-7-10-13-16-19-22-25-28-31-33-34-35-36-38-40-43-46-49-52-55-58-61-64-70(73)76-67-68(66-75-69(72)63-60-57-54-51-48-45-42-39-30-27-24-21-18-15-12-9-6-3)77-71(74)65-62-59-56-53-50-47-44-41-37-32-29-26-23-20-17-14-11-8-5-2/h7,9-10,12,16,18-19,21,25,27-28,30,33-34,36,38,42-43,45-46,51,54,68H,4-6,8,11,13-15,17,20,22-24,26,29,31-32,35,37,39-41,44,47-50,52-53,55-67H2,1-3H3/b10-7-,12-9-,19-16-,21-18-,28-25-,30-27-,34-33-,38-36-,45-42-,46-43-,54-51-. The van der Waals surface area contributed by atoms with Crippen LogP contribution in [0.15, 0.2) is 134 Å². The van der Waals surface area contributed by atoms with Crippen LogP contribution >= 0.6 is 0 Å². The molecule has 0 saturated heterocycles. The van der Waals surface area contributed by atoms with Crippen molar-refractivity contribution >= 4 is 17.9 Å². The van der Waals surface area contributed by atoms with E-state index in [0.717, 1.165) is 128 Å². The van der Waals surface area contributed by atoms with Crippen LogP contribution in [0.1, 0.15) is 278 Å². The average molecular weight is 1070 g/mol. The highest BCUT2D eigenvalue weighted by molar-refractivity contribution is 5.71. The van der Waals surface area contributed by atoms with Crippen molar-refractivity contribution in [1.82, 2.24) is 0 Å². The Hall–Kier alpha value is -4.45. The first-order valence-corrected chi connectivity index (χ1v) is 31.7. The van der Waals surface area contributed by atoms with Crippen LogP contribution in [-0.2, 0) is 28.6 Å². The molecule has 0 amide bonds. The van der Waals surface area contributed by atoms with Crippen molar-refractivity contribution < 1.29 is 28.6 Å². The van der Waals surface area contributed by atoms with Crippen molar-refractivity contribution in [2.75, 3.05) is 13.2 Å². The molecule has 0 aliphatic heterocycles.